The summed E-state index contributed by atoms with van der Waals surface area (Å²) in [6.45, 7) is 2.61. The molecular formula is C12H17ClF2N2O2S. The van der Waals surface area contributed by atoms with Crippen molar-refractivity contribution in [1.29, 1.82) is 0 Å². The van der Waals surface area contributed by atoms with E-state index in [1.807, 2.05) is 6.92 Å². The Hall–Kier alpha value is -0.760. The van der Waals surface area contributed by atoms with Crippen LogP contribution >= 0.6 is 12.4 Å². The molecule has 1 fully saturated rings. The van der Waals surface area contributed by atoms with E-state index in [-0.39, 0.29) is 24.5 Å². The molecule has 1 aliphatic rings. The van der Waals surface area contributed by atoms with Gasteiger partial charge in [0.1, 0.15) is 11.6 Å². The Labute approximate surface area is 123 Å². The third-order valence-electron chi connectivity index (χ3n) is 3.13. The van der Waals surface area contributed by atoms with Gasteiger partial charge in [-0.2, -0.15) is 0 Å². The van der Waals surface area contributed by atoms with Crippen molar-refractivity contribution in [2.24, 2.45) is 0 Å². The first kappa shape index (κ1) is 17.3. The number of sulfonamides is 1. The van der Waals surface area contributed by atoms with Gasteiger partial charge >= 0.3 is 0 Å². The van der Waals surface area contributed by atoms with Crippen LogP contribution in [0.2, 0.25) is 0 Å². The van der Waals surface area contributed by atoms with E-state index in [4.69, 9.17) is 0 Å². The zero-order valence-corrected chi connectivity index (χ0v) is 12.5. The summed E-state index contributed by atoms with van der Waals surface area (Å²) in [5.74, 6) is -2.15. The van der Waals surface area contributed by atoms with E-state index in [1.165, 1.54) is 0 Å². The second kappa shape index (κ2) is 6.80. The molecule has 2 N–H and O–H groups in total. The Balaban J connectivity index is 0.00000200. The van der Waals surface area contributed by atoms with Crippen LogP contribution in [0, 0.1) is 11.6 Å². The fraction of sp³-hybridized carbons (Fsp3) is 0.500. The number of halogens is 3. The van der Waals surface area contributed by atoms with Gasteiger partial charge in [-0.3, -0.25) is 0 Å². The molecule has 0 saturated carbocycles. The lowest BCUT2D eigenvalue weighted by Crippen LogP contribution is -2.46. The monoisotopic (exact) mass is 326 g/mol. The van der Waals surface area contributed by atoms with Crippen LogP contribution in [0.4, 0.5) is 8.78 Å². The van der Waals surface area contributed by atoms with Crippen LogP contribution in [0.25, 0.3) is 0 Å². The number of hydrogen-bond donors (Lipinski definition) is 2. The van der Waals surface area contributed by atoms with Gasteiger partial charge in [0.2, 0.25) is 10.0 Å². The molecule has 2 unspecified atom stereocenters. The van der Waals surface area contributed by atoms with Crippen molar-refractivity contribution >= 4 is 22.4 Å². The predicted octanol–water partition coefficient (Wildman–Crippen LogP) is 1.81. The first-order valence-electron chi connectivity index (χ1n) is 6.10. The third kappa shape index (κ3) is 3.88. The smallest absolute Gasteiger partial charge is 0.246 e. The number of nitrogens with one attached hydrogen (secondary N) is 2. The molecule has 2 atom stereocenters. The maximum absolute atomic E-state index is 13.5. The molecule has 8 heteroatoms. The Bertz CT molecular complexity index is 548. The molecule has 1 aromatic rings. The van der Waals surface area contributed by atoms with Gasteiger partial charge in [0, 0.05) is 12.1 Å². The summed E-state index contributed by atoms with van der Waals surface area (Å²) in [6, 6.07) is 2.87. The van der Waals surface area contributed by atoms with E-state index in [1.54, 1.807) is 0 Å². The van der Waals surface area contributed by atoms with Gasteiger partial charge < -0.3 is 5.32 Å². The first-order valence-corrected chi connectivity index (χ1v) is 7.58. The second-order valence-electron chi connectivity index (χ2n) is 4.75. The lowest BCUT2D eigenvalue weighted by molar-refractivity contribution is 0.360. The van der Waals surface area contributed by atoms with Crippen LogP contribution in [0.15, 0.2) is 23.1 Å². The standard InChI is InChI=1S/C12H16F2N2O2S.ClH/c1-8-7-9(5-6-15-8)16-19(17,18)12-10(13)3-2-4-11(12)14;/h2-4,8-9,15-16H,5-7H2,1H3;1H. The molecule has 1 saturated heterocycles. The van der Waals surface area contributed by atoms with Gasteiger partial charge in [-0.1, -0.05) is 6.07 Å². The van der Waals surface area contributed by atoms with E-state index >= 15 is 0 Å². The summed E-state index contributed by atoms with van der Waals surface area (Å²) in [4.78, 5) is -0.902. The highest BCUT2D eigenvalue weighted by atomic mass is 35.5. The Morgan fingerprint density at radius 2 is 1.90 bits per heavy atom. The average molecular weight is 327 g/mol. The maximum Gasteiger partial charge on any atom is 0.246 e. The van der Waals surface area contributed by atoms with Crippen LogP contribution in [-0.2, 0) is 10.0 Å². The normalized spacial score (nSPS) is 23.1. The Morgan fingerprint density at radius 3 is 2.45 bits per heavy atom. The Morgan fingerprint density at radius 1 is 1.30 bits per heavy atom. The predicted molar refractivity (Wildman–Crippen MR) is 74.4 cm³/mol. The molecule has 1 aliphatic heterocycles. The lowest BCUT2D eigenvalue weighted by atomic mass is 10.0. The minimum absolute atomic E-state index is 0. The van der Waals surface area contributed by atoms with Gasteiger partial charge in [-0.15, -0.1) is 12.4 Å². The maximum atomic E-state index is 13.5. The van der Waals surface area contributed by atoms with E-state index < -0.39 is 26.6 Å². The fourth-order valence-electron chi connectivity index (χ4n) is 2.26. The van der Waals surface area contributed by atoms with Crippen molar-refractivity contribution in [2.75, 3.05) is 6.54 Å². The van der Waals surface area contributed by atoms with Gasteiger partial charge in [0.15, 0.2) is 4.90 Å². The highest BCUT2D eigenvalue weighted by Gasteiger charge is 2.28. The van der Waals surface area contributed by atoms with Crippen molar-refractivity contribution in [2.45, 2.75) is 36.7 Å². The molecule has 0 amide bonds. The zero-order valence-electron chi connectivity index (χ0n) is 10.9. The largest absolute Gasteiger partial charge is 0.314 e. The summed E-state index contributed by atoms with van der Waals surface area (Å²) in [6.07, 6.45) is 1.19. The molecule has 2 rings (SSSR count). The minimum Gasteiger partial charge on any atom is -0.314 e. The molecule has 1 heterocycles. The number of piperidine rings is 1. The van der Waals surface area contributed by atoms with E-state index in [0.717, 1.165) is 18.2 Å². The number of hydrogen-bond acceptors (Lipinski definition) is 3. The number of benzene rings is 1. The highest BCUT2D eigenvalue weighted by Crippen LogP contribution is 2.20. The molecule has 4 nitrogen and oxygen atoms in total. The van der Waals surface area contributed by atoms with Crippen LogP contribution in [0.1, 0.15) is 19.8 Å². The topological polar surface area (TPSA) is 58.2 Å². The highest BCUT2D eigenvalue weighted by molar-refractivity contribution is 7.89. The van der Waals surface area contributed by atoms with Crippen LogP contribution in [-0.4, -0.2) is 27.0 Å². The van der Waals surface area contributed by atoms with Gasteiger partial charge in [0.25, 0.3) is 0 Å². The molecular weight excluding hydrogens is 310 g/mol. The molecule has 0 spiro atoms. The van der Waals surface area contributed by atoms with E-state index in [9.17, 15) is 17.2 Å². The fourth-order valence-corrected chi connectivity index (χ4v) is 3.68. The first-order chi connectivity index (χ1) is 8.90. The average Bonchev–Trinajstić information content (AvgIpc) is 2.27. The molecule has 20 heavy (non-hydrogen) atoms. The lowest BCUT2D eigenvalue weighted by Gasteiger charge is -2.28. The van der Waals surface area contributed by atoms with Gasteiger partial charge in [-0.05, 0) is 38.4 Å². The summed E-state index contributed by atoms with van der Waals surface area (Å²) < 4.78 is 53.5. The van der Waals surface area contributed by atoms with Crippen molar-refractivity contribution < 1.29 is 17.2 Å². The van der Waals surface area contributed by atoms with Gasteiger partial charge in [0.05, 0.1) is 0 Å². The minimum atomic E-state index is -4.17. The van der Waals surface area contributed by atoms with Crippen molar-refractivity contribution in [3.8, 4) is 0 Å². The van der Waals surface area contributed by atoms with E-state index in [2.05, 4.69) is 10.0 Å². The summed E-state index contributed by atoms with van der Waals surface area (Å²) >= 11 is 0. The van der Waals surface area contributed by atoms with Crippen LogP contribution in [0.3, 0.4) is 0 Å². The van der Waals surface area contributed by atoms with Crippen LogP contribution in [0.5, 0.6) is 0 Å². The summed E-state index contributed by atoms with van der Waals surface area (Å²) in [7, 11) is -4.17. The summed E-state index contributed by atoms with van der Waals surface area (Å²) in [5.41, 5.74) is 0. The molecule has 0 bridgehead atoms. The van der Waals surface area contributed by atoms with E-state index in [0.29, 0.717) is 19.4 Å². The molecule has 0 aromatic heterocycles. The summed E-state index contributed by atoms with van der Waals surface area (Å²) in [5, 5.41) is 3.18. The zero-order chi connectivity index (χ0) is 14.0. The quantitative estimate of drug-likeness (QED) is 0.890. The van der Waals surface area contributed by atoms with Crippen molar-refractivity contribution in [3.05, 3.63) is 29.8 Å². The SMILES string of the molecule is CC1CC(NS(=O)(=O)c2c(F)cccc2F)CCN1.Cl. The molecule has 114 valence electrons. The second-order valence-corrected chi connectivity index (χ2v) is 6.40. The molecule has 0 radical (unpaired) electrons. The van der Waals surface area contributed by atoms with Crippen molar-refractivity contribution in [3.63, 3.8) is 0 Å². The molecule has 0 aliphatic carbocycles. The van der Waals surface area contributed by atoms with Crippen molar-refractivity contribution in [1.82, 2.24) is 10.0 Å². The number of rotatable bonds is 3. The van der Waals surface area contributed by atoms with Gasteiger partial charge in [-0.25, -0.2) is 21.9 Å². The third-order valence-corrected chi connectivity index (χ3v) is 4.70. The molecule has 1 aromatic carbocycles. The van der Waals surface area contributed by atoms with Crippen LogP contribution < -0.4 is 10.0 Å². The Kier molecular flexibility index (Phi) is 5.88.